The van der Waals surface area contributed by atoms with Crippen molar-refractivity contribution in [2.45, 2.75) is 181 Å². The van der Waals surface area contributed by atoms with Crippen molar-refractivity contribution in [2.75, 3.05) is 13.1 Å². The molecule has 0 aromatic carbocycles. The maximum absolute atomic E-state index is 3.66. The van der Waals surface area contributed by atoms with E-state index in [1.165, 1.54) is 180 Å². The fraction of sp³-hybridized carbons (Fsp3) is 1.00. The molecule has 0 amide bonds. The van der Waals surface area contributed by atoms with Crippen molar-refractivity contribution < 1.29 is 0 Å². The first-order chi connectivity index (χ1) is 15.4. The Morgan fingerprint density at radius 3 is 0.677 bits per heavy atom. The van der Waals surface area contributed by atoms with Crippen LogP contribution < -0.4 is 5.32 Å². The first-order valence-corrected chi connectivity index (χ1v) is 15.1. The smallest absolute Gasteiger partial charge is 0.00489 e. The standard InChI is InChI=1S/C30H63N/c1-3-5-7-9-11-13-15-17-18-20-22-24-26-28-30-31-29-27-25-23-21-19-16-14-12-10-8-6-4-2/h31H,3-30H2,1-2H3. The Hall–Kier alpha value is -0.0400. The average Bonchev–Trinajstić information content (AvgIpc) is 2.78. The SMILES string of the molecule is CCCCCCCCCCCCCCCCNCCCCCCCCCCCCCC. The van der Waals surface area contributed by atoms with E-state index in [4.69, 9.17) is 0 Å². The van der Waals surface area contributed by atoms with Gasteiger partial charge in [0.2, 0.25) is 0 Å². The molecule has 0 aliphatic rings. The summed E-state index contributed by atoms with van der Waals surface area (Å²) in [6.07, 6.45) is 37.7. The van der Waals surface area contributed by atoms with Crippen molar-refractivity contribution in [3.05, 3.63) is 0 Å². The topological polar surface area (TPSA) is 12.0 Å². The van der Waals surface area contributed by atoms with E-state index in [2.05, 4.69) is 19.2 Å². The van der Waals surface area contributed by atoms with Crippen molar-refractivity contribution in [3.63, 3.8) is 0 Å². The zero-order chi connectivity index (χ0) is 22.5. The molecule has 0 aliphatic heterocycles. The lowest BCUT2D eigenvalue weighted by molar-refractivity contribution is 0.519. The number of hydrogen-bond acceptors (Lipinski definition) is 1. The summed E-state index contributed by atoms with van der Waals surface area (Å²) in [4.78, 5) is 0. The second kappa shape index (κ2) is 30.0. The maximum atomic E-state index is 3.66. The van der Waals surface area contributed by atoms with Crippen molar-refractivity contribution in [2.24, 2.45) is 0 Å². The maximum Gasteiger partial charge on any atom is -0.00489 e. The van der Waals surface area contributed by atoms with Crippen LogP contribution in [0.1, 0.15) is 181 Å². The summed E-state index contributed by atoms with van der Waals surface area (Å²) in [6, 6.07) is 0. The Balaban J connectivity index is 2.98. The fourth-order valence-electron chi connectivity index (χ4n) is 4.66. The Labute approximate surface area is 199 Å². The third-order valence-corrected chi connectivity index (χ3v) is 6.91. The summed E-state index contributed by atoms with van der Waals surface area (Å²) in [7, 11) is 0. The third-order valence-electron chi connectivity index (χ3n) is 6.91. The molecule has 0 aliphatic carbocycles. The summed E-state index contributed by atoms with van der Waals surface area (Å²) in [6.45, 7) is 7.10. The molecule has 188 valence electrons. The molecule has 0 spiro atoms. The fourth-order valence-corrected chi connectivity index (χ4v) is 4.66. The molecule has 1 heteroatoms. The quantitative estimate of drug-likeness (QED) is 0.120. The minimum absolute atomic E-state index is 1.25. The molecular formula is C30H63N. The van der Waals surface area contributed by atoms with Gasteiger partial charge in [-0.25, -0.2) is 0 Å². The molecule has 0 fully saturated rings. The molecule has 0 heterocycles. The van der Waals surface area contributed by atoms with Gasteiger partial charge in [0.1, 0.15) is 0 Å². The van der Waals surface area contributed by atoms with Gasteiger partial charge in [-0.3, -0.25) is 0 Å². The molecule has 31 heavy (non-hydrogen) atoms. The van der Waals surface area contributed by atoms with Crippen LogP contribution in [-0.2, 0) is 0 Å². The highest BCUT2D eigenvalue weighted by Crippen LogP contribution is 2.13. The molecule has 0 radical (unpaired) electrons. The first kappa shape index (κ1) is 31.0. The van der Waals surface area contributed by atoms with E-state index in [0.717, 1.165) is 0 Å². The van der Waals surface area contributed by atoms with Gasteiger partial charge < -0.3 is 5.32 Å². The van der Waals surface area contributed by atoms with Crippen molar-refractivity contribution in [3.8, 4) is 0 Å². The monoisotopic (exact) mass is 437 g/mol. The van der Waals surface area contributed by atoms with Gasteiger partial charge in [0, 0.05) is 0 Å². The third kappa shape index (κ3) is 30.0. The van der Waals surface area contributed by atoms with Gasteiger partial charge in [0.05, 0.1) is 0 Å². The lowest BCUT2D eigenvalue weighted by Crippen LogP contribution is -2.16. The summed E-state index contributed by atoms with van der Waals surface area (Å²) in [5.41, 5.74) is 0. The van der Waals surface area contributed by atoms with E-state index >= 15 is 0 Å². The number of nitrogens with one attached hydrogen (secondary N) is 1. The molecule has 0 atom stereocenters. The molecule has 0 saturated heterocycles. The highest BCUT2D eigenvalue weighted by atomic mass is 14.8. The van der Waals surface area contributed by atoms with E-state index in [1.807, 2.05) is 0 Å². The summed E-state index contributed by atoms with van der Waals surface area (Å²) in [5.74, 6) is 0. The molecule has 0 rings (SSSR count). The van der Waals surface area contributed by atoms with Gasteiger partial charge in [0.15, 0.2) is 0 Å². The van der Waals surface area contributed by atoms with Crippen molar-refractivity contribution >= 4 is 0 Å². The Morgan fingerprint density at radius 1 is 0.258 bits per heavy atom. The van der Waals surface area contributed by atoms with E-state index in [9.17, 15) is 0 Å². The van der Waals surface area contributed by atoms with Crippen LogP contribution in [0.5, 0.6) is 0 Å². The zero-order valence-electron chi connectivity index (χ0n) is 22.3. The van der Waals surface area contributed by atoms with Crippen molar-refractivity contribution in [1.82, 2.24) is 5.32 Å². The lowest BCUT2D eigenvalue weighted by atomic mass is 10.0. The predicted molar refractivity (Wildman–Crippen MR) is 144 cm³/mol. The van der Waals surface area contributed by atoms with Gasteiger partial charge in [-0.15, -0.1) is 0 Å². The molecule has 1 N–H and O–H groups in total. The molecule has 0 unspecified atom stereocenters. The van der Waals surface area contributed by atoms with Gasteiger partial charge in [0.25, 0.3) is 0 Å². The van der Waals surface area contributed by atoms with Gasteiger partial charge in [-0.1, -0.05) is 168 Å². The largest absolute Gasteiger partial charge is 0.317 e. The summed E-state index contributed by atoms with van der Waals surface area (Å²) >= 11 is 0. The molecule has 1 nitrogen and oxygen atoms in total. The number of hydrogen-bond donors (Lipinski definition) is 1. The van der Waals surface area contributed by atoms with Crippen LogP contribution in [0.25, 0.3) is 0 Å². The Morgan fingerprint density at radius 2 is 0.452 bits per heavy atom. The van der Waals surface area contributed by atoms with E-state index in [-0.39, 0.29) is 0 Å². The van der Waals surface area contributed by atoms with Gasteiger partial charge in [-0.2, -0.15) is 0 Å². The van der Waals surface area contributed by atoms with Crippen LogP contribution in [0.4, 0.5) is 0 Å². The predicted octanol–water partition coefficient (Wildman–Crippen LogP) is 10.8. The van der Waals surface area contributed by atoms with Crippen LogP contribution in [0.3, 0.4) is 0 Å². The Bertz CT molecular complexity index is 260. The lowest BCUT2D eigenvalue weighted by Gasteiger charge is -2.06. The Kier molecular flexibility index (Phi) is 29.9. The molecule has 0 aromatic heterocycles. The van der Waals surface area contributed by atoms with Gasteiger partial charge in [-0.05, 0) is 25.9 Å². The first-order valence-electron chi connectivity index (χ1n) is 15.1. The van der Waals surface area contributed by atoms with Crippen LogP contribution >= 0.6 is 0 Å². The highest BCUT2D eigenvalue weighted by Gasteiger charge is 1.96. The molecule has 0 aromatic rings. The number of unbranched alkanes of at least 4 members (excludes halogenated alkanes) is 24. The molecule has 0 bridgehead atoms. The van der Waals surface area contributed by atoms with E-state index < -0.39 is 0 Å². The van der Waals surface area contributed by atoms with Gasteiger partial charge >= 0.3 is 0 Å². The normalized spacial score (nSPS) is 11.4. The van der Waals surface area contributed by atoms with Crippen LogP contribution in [0.2, 0.25) is 0 Å². The summed E-state index contributed by atoms with van der Waals surface area (Å²) < 4.78 is 0. The van der Waals surface area contributed by atoms with Crippen LogP contribution in [0.15, 0.2) is 0 Å². The second-order valence-electron chi connectivity index (χ2n) is 10.2. The molecular weight excluding hydrogens is 374 g/mol. The second-order valence-corrected chi connectivity index (χ2v) is 10.2. The van der Waals surface area contributed by atoms with Crippen molar-refractivity contribution in [1.29, 1.82) is 0 Å². The van der Waals surface area contributed by atoms with Crippen LogP contribution in [0, 0.1) is 0 Å². The van der Waals surface area contributed by atoms with Crippen LogP contribution in [-0.4, -0.2) is 13.1 Å². The van der Waals surface area contributed by atoms with E-state index in [0.29, 0.717) is 0 Å². The average molecular weight is 438 g/mol. The minimum atomic E-state index is 1.25. The number of rotatable bonds is 28. The van der Waals surface area contributed by atoms with E-state index in [1.54, 1.807) is 0 Å². The minimum Gasteiger partial charge on any atom is -0.317 e. The highest BCUT2D eigenvalue weighted by molar-refractivity contribution is 4.53. The molecule has 0 saturated carbocycles. The zero-order valence-corrected chi connectivity index (χ0v) is 22.3. The summed E-state index contributed by atoms with van der Waals surface area (Å²) in [5, 5.41) is 3.66.